The molecule has 6 nitrogen and oxygen atoms in total. The summed E-state index contributed by atoms with van der Waals surface area (Å²) in [6.45, 7) is 8.56. The van der Waals surface area contributed by atoms with Gasteiger partial charge in [-0.25, -0.2) is 0 Å². The Kier molecular flexibility index (Phi) is 11.2. The molecule has 2 aliphatic heterocycles. The van der Waals surface area contributed by atoms with E-state index < -0.39 is 0 Å². The number of hydrogen-bond acceptors (Lipinski definition) is 6. The molecule has 0 N–H and O–H groups in total. The van der Waals surface area contributed by atoms with Gasteiger partial charge < -0.3 is 9.47 Å². The van der Waals surface area contributed by atoms with Crippen LogP contribution < -0.4 is 0 Å². The first-order valence-corrected chi connectivity index (χ1v) is 15.5. The lowest BCUT2D eigenvalue weighted by molar-refractivity contribution is -0.0283. The summed E-state index contributed by atoms with van der Waals surface area (Å²) in [5.41, 5.74) is 3.99. The van der Waals surface area contributed by atoms with Crippen LogP contribution in [0.15, 0.2) is 121 Å². The number of benzene rings is 4. The molecule has 6 rings (SSSR count). The molecule has 0 amide bonds. The number of morpholine rings is 2. The zero-order chi connectivity index (χ0) is 30.7. The van der Waals surface area contributed by atoms with Gasteiger partial charge in [-0.05, 0) is 25.0 Å². The van der Waals surface area contributed by atoms with Crippen LogP contribution in [0.4, 0.5) is 0 Å². The Labute approximate surface area is 261 Å². The molecule has 0 aliphatic carbocycles. The minimum absolute atomic E-state index is 0.0746. The molecular formula is C38H42N2O4. The first-order chi connectivity index (χ1) is 21.5. The van der Waals surface area contributed by atoms with Crippen LogP contribution in [-0.4, -0.2) is 73.0 Å². The van der Waals surface area contributed by atoms with Gasteiger partial charge in [0.2, 0.25) is 0 Å². The number of nitrogens with zero attached hydrogens (tertiary/aromatic N) is 2. The van der Waals surface area contributed by atoms with Crippen molar-refractivity contribution in [2.24, 2.45) is 0 Å². The molecule has 4 atom stereocenters. The van der Waals surface area contributed by atoms with Crippen molar-refractivity contribution >= 4 is 11.6 Å². The first-order valence-electron chi connectivity index (χ1n) is 15.5. The summed E-state index contributed by atoms with van der Waals surface area (Å²) in [5.74, 6) is 0.149. The van der Waals surface area contributed by atoms with Gasteiger partial charge in [0, 0.05) is 49.4 Å². The van der Waals surface area contributed by atoms with Crippen LogP contribution in [0.5, 0.6) is 0 Å². The predicted octanol–water partition coefficient (Wildman–Crippen LogP) is 6.66. The molecule has 0 unspecified atom stereocenters. The van der Waals surface area contributed by atoms with Gasteiger partial charge in [0.05, 0.1) is 13.2 Å². The van der Waals surface area contributed by atoms with Crippen LogP contribution >= 0.6 is 0 Å². The van der Waals surface area contributed by atoms with E-state index in [0.29, 0.717) is 26.3 Å². The van der Waals surface area contributed by atoms with Gasteiger partial charge in [-0.15, -0.1) is 0 Å². The SMILES string of the molecule is C[C@@H](c1ccccc1)N1CCO[C@@H](C(=O)c2ccccc2)C1.C[C@@H](c1ccccc1)N1CCO[C@H](C(=O)c2ccccc2)C1. The van der Waals surface area contributed by atoms with Crippen LogP contribution in [0.25, 0.3) is 0 Å². The van der Waals surface area contributed by atoms with Crippen LogP contribution in [0.1, 0.15) is 57.8 Å². The molecule has 4 aromatic rings. The Bertz CT molecular complexity index is 1340. The van der Waals surface area contributed by atoms with Gasteiger partial charge in [0.25, 0.3) is 0 Å². The van der Waals surface area contributed by atoms with E-state index >= 15 is 0 Å². The van der Waals surface area contributed by atoms with E-state index in [0.717, 1.165) is 24.2 Å². The zero-order valence-electron chi connectivity index (χ0n) is 25.6. The molecule has 2 heterocycles. The highest BCUT2D eigenvalue weighted by Gasteiger charge is 2.31. The van der Waals surface area contributed by atoms with Gasteiger partial charge in [0.15, 0.2) is 11.6 Å². The summed E-state index contributed by atoms with van der Waals surface area (Å²) in [6.07, 6.45) is -0.746. The molecule has 0 bridgehead atoms. The van der Waals surface area contributed by atoms with E-state index in [4.69, 9.17) is 9.47 Å². The van der Waals surface area contributed by atoms with Crippen molar-refractivity contribution < 1.29 is 19.1 Å². The van der Waals surface area contributed by atoms with Crippen molar-refractivity contribution in [2.45, 2.75) is 38.1 Å². The Morgan fingerprint density at radius 2 is 0.864 bits per heavy atom. The highest BCUT2D eigenvalue weighted by molar-refractivity contribution is 6.00. The second-order valence-corrected chi connectivity index (χ2v) is 11.3. The molecule has 0 aromatic heterocycles. The number of Topliss-reactive ketones (excluding diaryl/α,β-unsaturated/α-hetero) is 2. The van der Waals surface area contributed by atoms with Crippen LogP contribution in [0.2, 0.25) is 0 Å². The smallest absolute Gasteiger partial charge is 0.192 e. The predicted molar refractivity (Wildman–Crippen MR) is 174 cm³/mol. The third-order valence-corrected chi connectivity index (χ3v) is 8.56. The number of ketones is 2. The summed E-state index contributed by atoms with van der Waals surface area (Å²) >= 11 is 0. The van der Waals surface area contributed by atoms with E-state index in [1.54, 1.807) is 0 Å². The standard InChI is InChI=1S/2C19H21NO2/c2*1-15(16-8-4-2-5-9-16)20-12-13-22-18(14-20)19(21)17-10-6-3-7-11-17/h2*2-11,15,18H,12-14H2,1H3/t15-,18+;15-,18-/m00/s1. The molecule has 4 aromatic carbocycles. The fraction of sp³-hybridized carbons (Fsp3) is 0.316. The molecule has 0 saturated carbocycles. The van der Waals surface area contributed by atoms with E-state index in [9.17, 15) is 9.59 Å². The number of rotatable bonds is 8. The van der Waals surface area contributed by atoms with Crippen LogP contribution in [-0.2, 0) is 9.47 Å². The fourth-order valence-electron chi connectivity index (χ4n) is 5.82. The van der Waals surface area contributed by atoms with Crippen molar-refractivity contribution in [2.75, 3.05) is 39.4 Å². The Hall–Kier alpha value is -3.94. The molecule has 6 heteroatoms. The summed E-state index contributed by atoms with van der Waals surface area (Å²) in [7, 11) is 0. The largest absolute Gasteiger partial charge is 0.367 e. The molecular weight excluding hydrogens is 548 g/mol. The molecule has 0 spiro atoms. The molecule has 2 fully saturated rings. The van der Waals surface area contributed by atoms with Crippen molar-refractivity contribution in [3.05, 3.63) is 144 Å². The average Bonchev–Trinajstić information content (AvgIpc) is 3.12. The first kappa shape index (κ1) is 31.5. The molecule has 228 valence electrons. The maximum absolute atomic E-state index is 12.6. The summed E-state index contributed by atoms with van der Waals surface area (Å²) < 4.78 is 11.4. The normalized spacial score (nSPS) is 20.5. The summed E-state index contributed by atoms with van der Waals surface area (Å²) in [4.78, 5) is 29.8. The minimum atomic E-state index is -0.373. The number of carbonyl (C=O) groups excluding carboxylic acids is 2. The lowest BCUT2D eigenvalue weighted by Crippen LogP contribution is -2.46. The Balaban J connectivity index is 0.000000175. The van der Waals surface area contributed by atoms with Crippen molar-refractivity contribution in [3.63, 3.8) is 0 Å². The Morgan fingerprint density at radius 1 is 0.545 bits per heavy atom. The second-order valence-electron chi connectivity index (χ2n) is 11.3. The van der Waals surface area contributed by atoms with Crippen LogP contribution in [0, 0.1) is 0 Å². The van der Waals surface area contributed by atoms with Gasteiger partial charge in [-0.3, -0.25) is 19.4 Å². The number of carbonyl (C=O) groups is 2. The average molecular weight is 591 g/mol. The van der Waals surface area contributed by atoms with Gasteiger partial charge >= 0.3 is 0 Å². The third-order valence-electron chi connectivity index (χ3n) is 8.56. The van der Waals surface area contributed by atoms with Crippen LogP contribution in [0.3, 0.4) is 0 Å². The van der Waals surface area contributed by atoms with Gasteiger partial charge in [-0.2, -0.15) is 0 Å². The highest BCUT2D eigenvalue weighted by atomic mass is 16.5. The Morgan fingerprint density at radius 3 is 1.20 bits per heavy atom. The summed E-state index contributed by atoms with van der Waals surface area (Å²) in [5, 5.41) is 0. The third kappa shape index (κ3) is 8.16. The molecule has 44 heavy (non-hydrogen) atoms. The molecule has 2 aliphatic rings. The number of hydrogen-bond donors (Lipinski definition) is 0. The zero-order valence-corrected chi connectivity index (χ0v) is 25.6. The minimum Gasteiger partial charge on any atom is -0.367 e. The topological polar surface area (TPSA) is 59.1 Å². The maximum atomic E-state index is 12.6. The quantitative estimate of drug-likeness (QED) is 0.214. The molecule has 2 saturated heterocycles. The van der Waals surface area contributed by atoms with Crippen molar-refractivity contribution in [1.29, 1.82) is 0 Å². The van der Waals surface area contributed by atoms with E-state index in [-0.39, 0.29) is 35.9 Å². The van der Waals surface area contributed by atoms with E-state index in [1.165, 1.54) is 11.1 Å². The van der Waals surface area contributed by atoms with E-state index in [2.05, 4.69) is 72.2 Å². The molecule has 0 radical (unpaired) electrons. The highest BCUT2D eigenvalue weighted by Crippen LogP contribution is 2.25. The maximum Gasteiger partial charge on any atom is 0.192 e. The monoisotopic (exact) mass is 590 g/mol. The lowest BCUT2D eigenvalue weighted by atomic mass is 10.0. The van der Waals surface area contributed by atoms with Gasteiger partial charge in [-0.1, -0.05) is 121 Å². The lowest BCUT2D eigenvalue weighted by Gasteiger charge is -2.36. The van der Waals surface area contributed by atoms with Gasteiger partial charge in [0.1, 0.15) is 12.2 Å². The van der Waals surface area contributed by atoms with Crippen molar-refractivity contribution in [1.82, 2.24) is 9.80 Å². The second kappa shape index (κ2) is 15.7. The van der Waals surface area contributed by atoms with Crippen molar-refractivity contribution in [3.8, 4) is 0 Å². The number of ether oxygens (including phenoxy) is 2. The summed E-state index contributed by atoms with van der Waals surface area (Å²) in [6, 6.07) is 40.2. The fourth-order valence-corrected chi connectivity index (χ4v) is 5.82. The van der Waals surface area contributed by atoms with E-state index in [1.807, 2.05) is 72.8 Å².